The highest BCUT2D eigenvalue weighted by Crippen LogP contribution is 2.32. The van der Waals surface area contributed by atoms with E-state index in [9.17, 15) is 9.59 Å². The molecule has 4 aromatic rings. The predicted molar refractivity (Wildman–Crippen MR) is 98.1 cm³/mol. The van der Waals surface area contributed by atoms with Crippen molar-refractivity contribution in [3.8, 4) is 22.3 Å². The van der Waals surface area contributed by atoms with Crippen molar-refractivity contribution in [2.75, 3.05) is 0 Å². The summed E-state index contributed by atoms with van der Waals surface area (Å²) in [5, 5.41) is 11.3. The van der Waals surface area contributed by atoms with E-state index in [2.05, 4.69) is 9.97 Å². The van der Waals surface area contributed by atoms with Crippen LogP contribution in [0.1, 0.15) is 10.6 Å². The number of nitrogens with zero attached hydrogens (tertiary/aromatic N) is 1. The number of benzene rings is 2. The number of rotatable bonds is 3. The lowest BCUT2D eigenvalue weighted by Gasteiger charge is -2.04. The summed E-state index contributed by atoms with van der Waals surface area (Å²) < 4.78 is 0. The van der Waals surface area contributed by atoms with Crippen molar-refractivity contribution in [2.45, 2.75) is 0 Å². The fourth-order valence-electron chi connectivity index (χ4n) is 2.74. The minimum atomic E-state index is -1.25. The SMILES string of the molecule is O=C(O)c1nc2scc(-c3ccc(-c4ccccc4)cc3)c2c(=O)[nH]1. The third-order valence-corrected chi connectivity index (χ3v) is 4.82. The second-order valence-electron chi connectivity index (χ2n) is 5.49. The van der Waals surface area contributed by atoms with Gasteiger partial charge in [-0.15, -0.1) is 11.3 Å². The molecule has 0 bridgehead atoms. The van der Waals surface area contributed by atoms with Gasteiger partial charge in [0.05, 0.1) is 5.39 Å². The number of aromatic nitrogens is 2. The van der Waals surface area contributed by atoms with Crippen LogP contribution in [-0.4, -0.2) is 21.0 Å². The van der Waals surface area contributed by atoms with Crippen molar-refractivity contribution in [2.24, 2.45) is 0 Å². The van der Waals surface area contributed by atoms with Gasteiger partial charge in [-0.25, -0.2) is 9.78 Å². The molecule has 0 fully saturated rings. The average molecular weight is 348 g/mol. The molecule has 0 saturated carbocycles. The van der Waals surface area contributed by atoms with Crippen LogP contribution in [0.5, 0.6) is 0 Å². The molecule has 0 amide bonds. The fourth-order valence-corrected chi connectivity index (χ4v) is 3.68. The zero-order chi connectivity index (χ0) is 17.4. The summed E-state index contributed by atoms with van der Waals surface area (Å²) in [6, 6.07) is 17.9. The van der Waals surface area contributed by atoms with Crippen molar-refractivity contribution < 1.29 is 9.90 Å². The largest absolute Gasteiger partial charge is 0.475 e. The lowest BCUT2D eigenvalue weighted by molar-refractivity contribution is 0.0683. The normalized spacial score (nSPS) is 10.9. The highest BCUT2D eigenvalue weighted by atomic mass is 32.1. The first kappa shape index (κ1) is 15.3. The number of hydrogen-bond donors (Lipinski definition) is 2. The van der Waals surface area contributed by atoms with Crippen molar-refractivity contribution in [3.63, 3.8) is 0 Å². The molecule has 0 spiro atoms. The zero-order valence-electron chi connectivity index (χ0n) is 12.9. The first-order chi connectivity index (χ1) is 12.1. The third kappa shape index (κ3) is 2.72. The fraction of sp³-hybridized carbons (Fsp3) is 0. The Morgan fingerprint density at radius 1 is 0.960 bits per heavy atom. The molecule has 2 aromatic heterocycles. The summed E-state index contributed by atoms with van der Waals surface area (Å²) >= 11 is 1.26. The molecule has 6 heteroatoms. The molecule has 2 N–H and O–H groups in total. The van der Waals surface area contributed by atoms with E-state index in [4.69, 9.17) is 5.11 Å². The maximum absolute atomic E-state index is 12.3. The monoisotopic (exact) mass is 348 g/mol. The Morgan fingerprint density at radius 2 is 1.60 bits per heavy atom. The second kappa shape index (κ2) is 5.99. The number of aromatic carboxylic acids is 1. The quantitative estimate of drug-likeness (QED) is 0.586. The van der Waals surface area contributed by atoms with E-state index in [-0.39, 0.29) is 5.82 Å². The summed E-state index contributed by atoms with van der Waals surface area (Å²) in [6.07, 6.45) is 0. The molecule has 0 radical (unpaired) electrons. The number of aromatic amines is 1. The number of nitrogens with one attached hydrogen (secondary N) is 1. The van der Waals surface area contributed by atoms with Gasteiger partial charge in [-0.05, 0) is 16.7 Å². The van der Waals surface area contributed by atoms with Gasteiger partial charge in [-0.2, -0.15) is 0 Å². The Morgan fingerprint density at radius 3 is 2.28 bits per heavy atom. The minimum Gasteiger partial charge on any atom is -0.475 e. The number of H-pyrrole nitrogens is 1. The standard InChI is InChI=1S/C19H12N2O3S/c22-17-15-14(10-25-18(15)21-16(20-17)19(23)24)13-8-6-12(7-9-13)11-4-2-1-3-5-11/h1-10H,(H,23,24)(H,20,21,22). The van der Waals surface area contributed by atoms with E-state index in [0.717, 1.165) is 22.3 Å². The smallest absolute Gasteiger partial charge is 0.372 e. The maximum atomic E-state index is 12.3. The van der Waals surface area contributed by atoms with Crippen molar-refractivity contribution in [1.29, 1.82) is 0 Å². The first-order valence-corrected chi connectivity index (χ1v) is 8.42. The van der Waals surface area contributed by atoms with Crippen LogP contribution in [0.4, 0.5) is 0 Å². The molecule has 0 aliphatic carbocycles. The summed E-state index contributed by atoms with van der Waals surface area (Å²) in [6.45, 7) is 0. The molecular weight excluding hydrogens is 336 g/mol. The first-order valence-electron chi connectivity index (χ1n) is 7.54. The number of thiophene rings is 1. The summed E-state index contributed by atoms with van der Waals surface area (Å²) in [5.74, 6) is -1.59. The molecule has 2 heterocycles. The lowest BCUT2D eigenvalue weighted by Crippen LogP contribution is -2.14. The number of fused-ring (bicyclic) bond motifs is 1. The maximum Gasteiger partial charge on any atom is 0.372 e. The third-order valence-electron chi connectivity index (χ3n) is 3.95. The molecule has 25 heavy (non-hydrogen) atoms. The number of carboxylic acid groups (broad SMARTS) is 1. The van der Waals surface area contributed by atoms with Crippen LogP contribution in [0.15, 0.2) is 64.8 Å². The Balaban J connectivity index is 1.80. The van der Waals surface area contributed by atoms with E-state index in [1.54, 1.807) is 0 Å². The Labute approximate surface area is 146 Å². The minimum absolute atomic E-state index is 0.342. The van der Waals surface area contributed by atoms with Gasteiger partial charge in [-0.1, -0.05) is 54.6 Å². The number of carboxylic acids is 1. The second-order valence-corrected chi connectivity index (χ2v) is 6.35. The van der Waals surface area contributed by atoms with Gasteiger partial charge in [0.1, 0.15) is 4.83 Å². The van der Waals surface area contributed by atoms with Gasteiger partial charge < -0.3 is 10.1 Å². The molecule has 0 atom stereocenters. The van der Waals surface area contributed by atoms with Gasteiger partial charge in [-0.3, -0.25) is 4.79 Å². The zero-order valence-corrected chi connectivity index (χ0v) is 13.7. The van der Waals surface area contributed by atoms with Crippen LogP contribution < -0.4 is 5.56 Å². The highest BCUT2D eigenvalue weighted by molar-refractivity contribution is 7.17. The van der Waals surface area contributed by atoms with Crippen LogP contribution in [0.25, 0.3) is 32.5 Å². The van der Waals surface area contributed by atoms with Gasteiger partial charge in [0, 0.05) is 10.9 Å². The Bertz CT molecular complexity index is 1130. The van der Waals surface area contributed by atoms with E-state index in [1.807, 2.05) is 60.0 Å². The van der Waals surface area contributed by atoms with Gasteiger partial charge in [0.15, 0.2) is 0 Å². The summed E-state index contributed by atoms with van der Waals surface area (Å²) in [5.41, 5.74) is 3.41. The predicted octanol–water partition coefficient (Wildman–Crippen LogP) is 4.02. The van der Waals surface area contributed by atoms with Crippen LogP contribution >= 0.6 is 11.3 Å². The average Bonchev–Trinajstić information content (AvgIpc) is 3.07. The van der Waals surface area contributed by atoms with Gasteiger partial charge in [0.2, 0.25) is 5.82 Å². The van der Waals surface area contributed by atoms with E-state index in [1.165, 1.54) is 11.3 Å². The molecular formula is C19H12N2O3S. The number of carbonyl (C=O) groups is 1. The van der Waals surface area contributed by atoms with E-state index < -0.39 is 11.5 Å². The Hall–Kier alpha value is -3.25. The summed E-state index contributed by atoms with van der Waals surface area (Å²) in [4.78, 5) is 30.1. The molecule has 2 aromatic carbocycles. The molecule has 0 saturated heterocycles. The van der Waals surface area contributed by atoms with E-state index >= 15 is 0 Å². The van der Waals surface area contributed by atoms with Crippen LogP contribution in [0.3, 0.4) is 0 Å². The van der Waals surface area contributed by atoms with Crippen LogP contribution in [0, 0.1) is 0 Å². The molecule has 0 aliphatic rings. The topological polar surface area (TPSA) is 83.0 Å². The van der Waals surface area contributed by atoms with E-state index in [0.29, 0.717) is 10.2 Å². The van der Waals surface area contributed by atoms with Crippen LogP contribution in [-0.2, 0) is 0 Å². The van der Waals surface area contributed by atoms with Gasteiger partial charge >= 0.3 is 5.97 Å². The summed E-state index contributed by atoms with van der Waals surface area (Å²) in [7, 11) is 0. The number of hydrogen-bond acceptors (Lipinski definition) is 4. The molecule has 4 rings (SSSR count). The lowest BCUT2D eigenvalue weighted by atomic mass is 10.0. The highest BCUT2D eigenvalue weighted by Gasteiger charge is 2.15. The van der Waals surface area contributed by atoms with Crippen molar-refractivity contribution in [1.82, 2.24) is 9.97 Å². The Kier molecular flexibility index (Phi) is 3.66. The molecule has 0 aliphatic heterocycles. The molecule has 122 valence electrons. The molecule has 5 nitrogen and oxygen atoms in total. The van der Waals surface area contributed by atoms with Crippen molar-refractivity contribution >= 4 is 27.5 Å². The van der Waals surface area contributed by atoms with Gasteiger partial charge in [0.25, 0.3) is 5.56 Å². The van der Waals surface area contributed by atoms with Crippen molar-refractivity contribution in [3.05, 3.63) is 76.2 Å². The molecule has 0 unspecified atom stereocenters. The van der Waals surface area contributed by atoms with Crippen LogP contribution in [0.2, 0.25) is 0 Å².